The predicted octanol–water partition coefficient (Wildman–Crippen LogP) is 2.84. The average Bonchev–Trinajstić information content (AvgIpc) is 2.85. The summed E-state index contributed by atoms with van der Waals surface area (Å²) in [5.41, 5.74) is 1.18. The van der Waals surface area contributed by atoms with Gasteiger partial charge in [0.1, 0.15) is 29.1 Å². The lowest BCUT2D eigenvalue weighted by atomic mass is 9.96. The van der Waals surface area contributed by atoms with Crippen molar-refractivity contribution in [1.82, 2.24) is 19.4 Å². The Balaban J connectivity index is 1.80. The number of carboxylic acid groups (broad SMARTS) is 1. The van der Waals surface area contributed by atoms with E-state index in [1.807, 2.05) is 29.7 Å². The minimum absolute atomic E-state index is 0.177. The van der Waals surface area contributed by atoms with Gasteiger partial charge in [0.15, 0.2) is 5.82 Å². The second kappa shape index (κ2) is 9.80. The summed E-state index contributed by atoms with van der Waals surface area (Å²) >= 11 is 0. The van der Waals surface area contributed by atoms with E-state index in [-0.39, 0.29) is 17.8 Å². The third-order valence-electron chi connectivity index (χ3n) is 6.73. The van der Waals surface area contributed by atoms with Crippen LogP contribution in [0, 0.1) is 17.1 Å². The van der Waals surface area contributed by atoms with E-state index < -0.39 is 23.5 Å². The molecule has 1 aromatic carbocycles. The van der Waals surface area contributed by atoms with E-state index in [2.05, 4.69) is 9.97 Å². The first-order valence-corrected chi connectivity index (χ1v) is 11.6. The van der Waals surface area contributed by atoms with Crippen LogP contribution in [-0.2, 0) is 11.8 Å². The van der Waals surface area contributed by atoms with Crippen LogP contribution in [-0.4, -0.2) is 55.7 Å². The van der Waals surface area contributed by atoms with E-state index >= 15 is 0 Å². The van der Waals surface area contributed by atoms with Crippen LogP contribution in [0.3, 0.4) is 0 Å². The minimum Gasteiger partial charge on any atom is -0.480 e. The molecule has 0 aliphatic carbocycles. The fourth-order valence-corrected chi connectivity index (χ4v) is 4.88. The molecule has 0 bridgehead atoms. The molecule has 9 nitrogen and oxygen atoms in total. The molecule has 2 aromatic heterocycles. The number of pyridine rings is 1. The summed E-state index contributed by atoms with van der Waals surface area (Å²) in [4.78, 5) is 37.7. The number of carbonyl (C=O) groups is 1. The zero-order valence-corrected chi connectivity index (χ0v) is 19.8. The van der Waals surface area contributed by atoms with Gasteiger partial charge in [0, 0.05) is 32.2 Å². The quantitative estimate of drug-likeness (QED) is 0.575. The van der Waals surface area contributed by atoms with Crippen molar-refractivity contribution in [2.75, 3.05) is 18.0 Å². The first kappa shape index (κ1) is 24.3. The molecule has 3 heterocycles. The molecule has 35 heavy (non-hydrogen) atoms. The molecule has 1 aliphatic rings. The number of fused-ring (bicyclic) bond motifs is 1. The number of hydrogen-bond acceptors (Lipinski definition) is 7. The van der Waals surface area contributed by atoms with Crippen molar-refractivity contribution in [2.45, 2.75) is 44.8 Å². The number of rotatable bonds is 6. The third kappa shape index (κ3) is 4.47. The number of carboxylic acids is 1. The average molecular weight is 479 g/mol. The van der Waals surface area contributed by atoms with Crippen LogP contribution < -0.4 is 10.6 Å². The molecule has 0 amide bonds. The summed E-state index contributed by atoms with van der Waals surface area (Å²) in [5, 5.41) is 19.5. The molecule has 0 radical (unpaired) electrons. The van der Waals surface area contributed by atoms with Gasteiger partial charge in [-0.1, -0.05) is 26.0 Å². The van der Waals surface area contributed by atoms with Gasteiger partial charge < -0.3 is 10.0 Å². The first-order chi connectivity index (χ1) is 16.8. The largest absolute Gasteiger partial charge is 0.480 e. The van der Waals surface area contributed by atoms with Crippen LogP contribution in [0.15, 0.2) is 41.2 Å². The number of nitriles is 1. The Bertz CT molecular complexity index is 1370. The van der Waals surface area contributed by atoms with Gasteiger partial charge in [0.2, 0.25) is 0 Å². The van der Waals surface area contributed by atoms with Crippen LogP contribution in [0.4, 0.5) is 10.2 Å². The van der Waals surface area contributed by atoms with Crippen molar-refractivity contribution in [3.63, 3.8) is 0 Å². The van der Waals surface area contributed by atoms with Gasteiger partial charge >= 0.3 is 11.7 Å². The van der Waals surface area contributed by atoms with Crippen molar-refractivity contribution < 1.29 is 14.3 Å². The van der Waals surface area contributed by atoms with Gasteiger partial charge in [-0.05, 0) is 42.7 Å². The summed E-state index contributed by atoms with van der Waals surface area (Å²) in [6, 6.07) is 9.60. The Kier molecular flexibility index (Phi) is 6.80. The highest BCUT2D eigenvalue weighted by molar-refractivity contribution is 5.86. The number of aromatic nitrogens is 3. The van der Waals surface area contributed by atoms with E-state index in [0.29, 0.717) is 48.3 Å². The van der Waals surface area contributed by atoms with Gasteiger partial charge in [-0.3, -0.25) is 14.3 Å². The predicted molar refractivity (Wildman–Crippen MR) is 128 cm³/mol. The molecule has 0 spiro atoms. The topological polar surface area (TPSA) is 115 Å². The fraction of sp³-hybridized carbons (Fsp3) is 0.400. The Morgan fingerprint density at radius 1 is 1.20 bits per heavy atom. The Hall–Kier alpha value is -3.84. The highest BCUT2D eigenvalue weighted by atomic mass is 19.1. The zero-order valence-electron chi connectivity index (χ0n) is 19.8. The molecule has 4 rings (SSSR count). The number of anilines is 1. The van der Waals surface area contributed by atoms with Crippen molar-refractivity contribution in [2.24, 2.45) is 7.05 Å². The molecule has 1 fully saturated rings. The number of aliphatic carboxylic acids is 1. The SMILES string of the molecule is CC[C@H]1CN(C(C(=O)O)c2cccc(F)c2)[C@H](CC)CN1c1nc(=O)n(C)c2ccc(C#N)nc12. The molecule has 10 heteroatoms. The molecule has 3 aromatic rings. The third-order valence-corrected chi connectivity index (χ3v) is 6.73. The van der Waals surface area contributed by atoms with E-state index in [4.69, 9.17) is 0 Å². The lowest BCUT2D eigenvalue weighted by molar-refractivity contribution is -0.145. The molecule has 1 N–H and O–H groups in total. The number of halogens is 1. The summed E-state index contributed by atoms with van der Waals surface area (Å²) in [7, 11) is 1.61. The summed E-state index contributed by atoms with van der Waals surface area (Å²) < 4.78 is 15.3. The fourth-order valence-electron chi connectivity index (χ4n) is 4.88. The maximum absolute atomic E-state index is 14.0. The normalized spacial score (nSPS) is 19.5. The maximum atomic E-state index is 14.0. The van der Waals surface area contributed by atoms with Gasteiger partial charge in [0.25, 0.3) is 0 Å². The monoisotopic (exact) mass is 478 g/mol. The van der Waals surface area contributed by atoms with E-state index in [1.54, 1.807) is 25.2 Å². The van der Waals surface area contributed by atoms with Crippen molar-refractivity contribution in [1.29, 1.82) is 5.26 Å². The summed E-state index contributed by atoms with van der Waals surface area (Å²) in [5.74, 6) is -1.14. The van der Waals surface area contributed by atoms with Gasteiger partial charge in [-0.2, -0.15) is 10.2 Å². The Morgan fingerprint density at radius 3 is 2.57 bits per heavy atom. The molecule has 1 aliphatic heterocycles. The van der Waals surface area contributed by atoms with Gasteiger partial charge in [-0.15, -0.1) is 0 Å². The summed E-state index contributed by atoms with van der Waals surface area (Å²) in [6.07, 6.45) is 1.28. The molecule has 0 saturated carbocycles. The minimum atomic E-state index is -1.05. The highest BCUT2D eigenvalue weighted by Gasteiger charge is 2.40. The van der Waals surface area contributed by atoms with Crippen LogP contribution in [0.1, 0.15) is 44.0 Å². The second-order valence-electron chi connectivity index (χ2n) is 8.72. The van der Waals surface area contributed by atoms with Crippen LogP contribution in [0.25, 0.3) is 11.0 Å². The van der Waals surface area contributed by atoms with Crippen molar-refractivity contribution >= 4 is 22.8 Å². The van der Waals surface area contributed by atoms with Crippen molar-refractivity contribution in [3.8, 4) is 6.07 Å². The lowest BCUT2D eigenvalue weighted by Gasteiger charge is -2.48. The smallest absolute Gasteiger partial charge is 0.349 e. The molecule has 1 saturated heterocycles. The molecule has 1 unspecified atom stereocenters. The van der Waals surface area contributed by atoms with Gasteiger partial charge in [0.05, 0.1) is 5.52 Å². The standard InChI is InChI=1S/C25H27FN6O3/c1-4-18-14-32(23-21-20(30(3)25(35)29-23)10-9-17(12-27)28-21)19(5-2)13-31(18)22(24(33)34)15-7-6-8-16(26)11-15/h6-11,18-19,22H,4-5,13-14H2,1-3H3,(H,33,34)/t18-,19+,22?/m1/s1. The van der Waals surface area contributed by atoms with Crippen LogP contribution in [0.5, 0.6) is 0 Å². The second-order valence-corrected chi connectivity index (χ2v) is 8.72. The number of aryl methyl sites for hydroxylation is 1. The number of benzene rings is 1. The molecule has 3 atom stereocenters. The van der Waals surface area contributed by atoms with Crippen LogP contribution in [0.2, 0.25) is 0 Å². The number of nitrogens with zero attached hydrogens (tertiary/aromatic N) is 6. The molecular formula is C25H27FN6O3. The molecular weight excluding hydrogens is 451 g/mol. The van der Waals surface area contributed by atoms with Gasteiger partial charge in [-0.25, -0.2) is 14.2 Å². The summed E-state index contributed by atoms with van der Waals surface area (Å²) in [6.45, 7) is 4.73. The van der Waals surface area contributed by atoms with Crippen molar-refractivity contribution in [3.05, 3.63) is 64.0 Å². The zero-order chi connectivity index (χ0) is 25.3. The number of hydrogen-bond donors (Lipinski definition) is 1. The van der Waals surface area contributed by atoms with E-state index in [1.165, 1.54) is 22.8 Å². The first-order valence-electron chi connectivity index (χ1n) is 11.6. The van der Waals surface area contributed by atoms with E-state index in [0.717, 1.165) is 0 Å². The highest BCUT2D eigenvalue weighted by Crippen LogP contribution is 2.34. The number of piperazine rings is 1. The Labute approximate surface area is 202 Å². The Morgan fingerprint density at radius 2 is 1.94 bits per heavy atom. The maximum Gasteiger partial charge on any atom is 0.349 e. The molecule has 182 valence electrons. The lowest BCUT2D eigenvalue weighted by Crippen LogP contribution is -2.60. The van der Waals surface area contributed by atoms with E-state index in [9.17, 15) is 24.3 Å². The van der Waals surface area contributed by atoms with Crippen LogP contribution >= 0.6 is 0 Å².